The fourth-order valence-corrected chi connectivity index (χ4v) is 5.66. The maximum atomic E-state index is 6.19. The van der Waals surface area contributed by atoms with Crippen molar-refractivity contribution >= 4 is 36.7 Å². The van der Waals surface area contributed by atoms with Crippen molar-refractivity contribution in [3.05, 3.63) is 121 Å². The minimum atomic E-state index is -1.98. The van der Waals surface area contributed by atoms with E-state index in [2.05, 4.69) is 21.7 Å². The maximum absolute atomic E-state index is 6.19. The van der Waals surface area contributed by atoms with Gasteiger partial charge in [0.25, 0.3) is 0 Å². The molecule has 0 saturated carbocycles. The van der Waals surface area contributed by atoms with Crippen LogP contribution in [0.4, 0.5) is 0 Å². The zero-order chi connectivity index (χ0) is 34.1. The Labute approximate surface area is 303 Å². The average Bonchev–Trinajstić information content (AvgIpc) is 3.14. The summed E-state index contributed by atoms with van der Waals surface area (Å²) in [6.45, 7) is 0. The summed E-state index contributed by atoms with van der Waals surface area (Å²) in [5, 5.41) is 0. The summed E-state index contributed by atoms with van der Waals surface area (Å²) in [6, 6.07) is 36.4. The van der Waals surface area contributed by atoms with Crippen molar-refractivity contribution in [1.82, 2.24) is 0 Å². The van der Waals surface area contributed by atoms with Crippen molar-refractivity contribution in [2.45, 2.75) is 0 Å². The third-order valence-corrected chi connectivity index (χ3v) is 8.21. The topological polar surface area (TPSA) is 92.3 Å². The van der Waals surface area contributed by atoms with E-state index in [1.807, 2.05) is 19.5 Å². The Bertz CT molecular complexity index is 1430. The van der Waals surface area contributed by atoms with Crippen LogP contribution in [-0.4, -0.2) is 28.4 Å². The van der Waals surface area contributed by atoms with Crippen molar-refractivity contribution < 1.29 is 61.7 Å². The number of hydrogen-bond acceptors (Lipinski definition) is 10. The minimum absolute atomic E-state index is 0.384. The van der Waals surface area contributed by atoms with E-state index in [0.29, 0.717) is 57.5 Å². The van der Waals surface area contributed by atoms with Crippen LogP contribution in [0.1, 0.15) is 0 Å². The van der Waals surface area contributed by atoms with Gasteiger partial charge in [-0.2, -0.15) is 6.07 Å². The molecule has 0 amide bonds. The van der Waals surface area contributed by atoms with Gasteiger partial charge in [0.2, 0.25) is 0 Å². The Kier molecular flexibility index (Phi) is 15.5. The molecule has 5 rings (SSSR count). The van der Waals surface area contributed by atoms with E-state index < -0.39 is 17.2 Å². The average molecular weight is 895 g/mol. The number of ether oxygens (including phenoxy) is 4. The summed E-state index contributed by atoms with van der Waals surface area (Å²) in [7, 11) is 2.43. The predicted molar refractivity (Wildman–Crippen MR) is 189 cm³/mol. The third-order valence-electron chi connectivity index (χ3n) is 6.05. The van der Waals surface area contributed by atoms with E-state index >= 15 is 0 Å². The summed E-state index contributed by atoms with van der Waals surface area (Å²) in [5.74, 6) is 5.65. The van der Waals surface area contributed by atoms with Gasteiger partial charge in [-0.3, -0.25) is 0 Å². The van der Waals surface area contributed by atoms with E-state index in [1.54, 1.807) is 144 Å². The van der Waals surface area contributed by atoms with Crippen LogP contribution in [0.25, 0.3) is 0 Å². The second kappa shape index (κ2) is 20.0. The van der Waals surface area contributed by atoms with Crippen LogP contribution < -0.4 is 46.1 Å². The molecule has 5 aromatic carbocycles. The summed E-state index contributed by atoms with van der Waals surface area (Å²) in [6.07, 6.45) is 0. The predicted octanol–water partition coefficient (Wildman–Crippen LogP) is 9.93. The molecule has 254 valence electrons. The first-order valence-corrected chi connectivity index (χ1v) is 20.7. The van der Waals surface area contributed by atoms with E-state index in [4.69, 9.17) is 46.1 Å². The van der Waals surface area contributed by atoms with Crippen LogP contribution >= 0.6 is 36.7 Å². The molecule has 0 bridgehead atoms. The Hall–Kier alpha value is -3.65. The van der Waals surface area contributed by atoms with Gasteiger partial charge in [0.15, 0.2) is 0 Å². The molecule has 0 aromatic heterocycles. The van der Waals surface area contributed by atoms with Gasteiger partial charge >= 0.3 is 52.3 Å². The Morgan fingerprint density at radius 2 is 0.583 bits per heavy atom. The summed E-state index contributed by atoms with van der Waals surface area (Å²) >= 11 is 4.72. The van der Waals surface area contributed by atoms with Gasteiger partial charge in [-0.1, -0.05) is 6.07 Å². The summed E-state index contributed by atoms with van der Waals surface area (Å²) < 4.78 is 57.8. The quantitative estimate of drug-likeness (QED) is 0.0413. The molecule has 48 heavy (non-hydrogen) atoms. The van der Waals surface area contributed by atoms with Crippen molar-refractivity contribution in [3.63, 3.8) is 0 Å². The monoisotopic (exact) mass is 894 g/mol. The normalized spacial score (nSPS) is 10.3. The number of halogens is 1. The zero-order valence-corrected chi connectivity index (χ0v) is 31.6. The second-order valence-corrected chi connectivity index (χ2v) is 11.1. The molecule has 0 radical (unpaired) electrons. The molecule has 0 saturated heterocycles. The molecule has 0 heterocycles. The first-order chi connectivity index (χ1) is 23.5. The second-order valence-electron chi connectivity index (χ2n) is 9.10. The van der Waals surface area contributed by atoms with E-state index in [1.165, 1.54) is 0 Å². The molecule has 0 N–H and O–H groups in total. The van der Waals surface area contributed by atoms with E-state index in [0.717, 1.165) is 0 Å². The van der Waals surface area contributed by atoms with Crippen LogP contribution in [0, 0.1) is 6.07 Å². The molecule has 0 fully saturated rings. The molecule has 0 aliphatic heterocycles. The van der Waals surface area contributed by atoms with Crippen LogP contribution in [0.5, 0.6) is 57.5 Å². The van der Waals surface area contributed by atoms with Crippen LogP contribution in [0.15, 0.2) is 115 Å². The summed E-state index contributed by atoms with van der Waals surface area (Å²) in [4.78, 5) is 0. The molecular formula is C34H31IO10P2Pd. The molecule has 10 nitrogen and oxygen atoms in total. The number of hydrogen-bond donors (Lipinski definition) is 0. The fraction of sp³-hybridized carbons (Fsp3) is 0.118. The Balaban J connectivity index is 0.00000255. The first kappa shape index (κ1) is 37.2. The van der Waals surface area contributed by atoms with E-state index in [9.17, 15) is 0 Å². The van der Waals surface area contributed by atoms with Crippen molar-refractivity contribution in [3.8, 4) is 57.5 Å². The molecule has 0 unspecified atom stereocenters. The molecule has 0 spiro atoms. The van der Waals surface area contributed by atoms with Gasteiger partial charge in [0, 0.05) is 11.5 Å². The summed E-state index contributed by atoms with van der Waals surface area (Å²) in [5.41, 5.74) is 0. The number of benzene rings is 5. The number of methoxy groups -OCH3 is 4. The zero-order valence-electron chi connectivity index (χ0n) is 26.1. The van der Waals surface area contributed by atoms with Crippen molar-refractivity contribution in [2.24, 2.45) is 0 Å². The molecule has 14 heteroatoms. The Morgan fingerprint density at radius 3 is 0.812 bits per heavy atom. The molecule has 0 atom stereocenters. The van der Waals surface area contributed by atoms with Crippen LogP contribution in [0.2, 0.25) is 0 Å². The third kappa shape index (κ3) is 11.8. The van der Waals surface area contributed by atoms with Gasteiger partial charge in [-0.15, -0.1) is 12.1 Å². The molecule has 0 aliphatic carbocycles. The van der Waals surface area contributed by atoms with Gasteiger partial charge < -0.3 is 46.1 Å². The van der Waals surface area contributed by atoms with Gasteiger partial charge in [0.1, 0.15) is 46.0 Å². The van der Waals surface area contributed by atoms with Crippen molar-refractivity contribution in [2.75, 3.05) is 28.4 Å². The standard InChI is InChI=1S/C34H31O10P2.HI.Pd/c1-35-25-8-16-29(17-9-25)39-45(40-30-18-10-26(36-2)11-19-30)43-33-6-5-7-34(24-33)44-46(41-31-20-12-27(37-3)13-21-31)42-32-22-14-28(38-4)15-23-32;;/h6-24H,1-4H3;1H;/q-1;;+2/p-1. The Morgan fingerprint density at radius 1 is 0.375 bits per heavy atom. The van der Waals surface area contributed by atoms with Gasteiger partial charge in [-0.25, -0.2) is 0 Å². The molecule has 0 aliphatic rings. The molecular weight excluding hydrogens is 864 g/mol. The van der Waals surface area contributed by atoms with Crippen molar-refractivity contribution in [1.29, 1.82) is 0 Å². The van der Waals surface area contributed by atoms with Gasteiger partial charge in [0.05, 0.1) is 28.4 Å². The fourth-order valence-electron chi connectivity index (χ4n) is 3.71. The molecule has 5 aromatic rings. The van der Waals surface area contributed by atoms with Crippen LogP contribution in [-0.2, 0) is 15.6 Å². The number of rotatable bonds is 16. The van der Waals surface area contributed by atoms with Crippen LogP contribution in [0.3, 0.4) is 0 Å². The van der Waals surface area contributed by atoms with Gasteiger partial charge in [-0.05, 0) is 97.1 Å². The van der Waals surface area contributed by atoms with E-state index in [-0.39, 0.29) is 0 Å². The SMILES string of the molecule is COc1ccc(OP(Oc2ccc(OC)cc2)Oc2c[c-]cc(OP(Oc3ccc(OC)cc3)Oc3ccc(OC)cc3)c2)cc1.[Pd+][I]. The first-order valence-electron chi connectivity index (χ1n) is 13.9.